The average molecular weight is 351 g/mol. The Balaban J connectivity index is 1.87. The van der Waals surface area contributed by atoms with E-state index in [0.717, 1.165) is 11.3 Å². The Morgan fingerprint density at radius 1 is 1.04 bits per heavy atom. The highest BCUT2D eigenvalue weighted by Crippen LogP contribution is 2.22. The maximum absolute atomic E-state index is 13.5. The highest BCUT2D eigenvalue weighted by atomic mass is 19.1. The molecule has 0 bridgehead atoms. The van der Waals surface area contributed by atoms with Crippen LogP contribution in [0.4, 0.5) is 10.1 Å². The number of carbonyl (C=O) groups is 1. The summed E-state index contributed by atoms with van der Waals surface area (Å²) in [5, 5.41) is 0.664. The third kappa shape index (κ3) is 3.67. The van der Waals surface area contributed by atoms with Gasteiger partial charge in [-0.15, -0.1) is 0 Å². The molecule has 0 aliphatic rings. The maximum atomic E-state index is 13.5. The minimum atomic E-state index is -0.358. The van der Waals surface area contributed by atoms with Gasteiger partial charge in [0.15, 0.2) is 0 Å². The van der Waals surface area contributed by atoms with Gasteiger partial charge in [-0.05, 0) is 42.8 Å². The standard InChI is InChI=1S/C21H22FN3O/c1-14-11-19(18-10-7-16(22)12-20(18)23-14)21(26)25(4)13-15-5-8-17(9-6-15)24(2)3/h5-12H,13H2,1-4H3. The lowest BCUT2D eigenvalue weighted by Crippen LogP contribution is -2.26. The van der Waals surface area contributed by atoms with Gasteiger partial charge in [0.2, 0.25) is 0 Å². The van der Waals surface area contributed by atoms with Gasteiger partial charge in [-0.1, -0.05) is 12.1 Å². The van der Waals surface area contributed by atoms with E-state index >= 15 is 0 Å². The molecule has 3 rings (SSSR count). The molecule has 0 fully saturated rings. The van der Waals surface area contributed by atoms with E-state index in [1.165, 1.54) is 12.1 Å². The fraction of sp³-hybridized carbons (Fsp3) is 0.238. The van der Waals surface area contributed by atoms with Gasteiger partial charge in [0.05, 0.1) is 11.1 Å². The van der Waals surface area contributed by atoms with Gasteiger partial charge in [-0.3, -0.25) is 9.78 Å². The van der Waals surface area contributed by atoms with E-state index < -0.39 is 0 Å². The number of aryl methyl sites for hydroxylation is 1. The van der Waals surface area contributed by atoms with E-state index in [0.29, 0.717) is 28.7 Å². The first kappa shape index (κ1) is 17.9. The van der Waals surface area contributed by atoms with Crippen LogP contribution in [0.15, 0.2) is 48.5 Å². The monoisotopic (exact) mass is 351 g/mol. The molecular formula is C21H22FN3O. The topological polar surface area (TPSA) is 36.4 Å². The van der Waals surface area contributed by atoms with Gasteiger partial charge in [-0.2, -0.15) is 0 Å². The molecule has 1 heterocycles. The number of benzene rings is 2. The number of rotatable bonds is 4. The van der Waals surface area contributed by atoms with E-state index in [1.807, 2.05) is 43.3 Å². The molecular weight excluding hydrogens is 329 g/mol. The Labute approximate surface area is 152 Å². The minimum Gasteiger partial charge on any atom is -0.378 e. The molecule has 0 saturated heterocycles. The molecule has 0 unspecified atom stereocenters. The van der Waals surface area contributed by atoms with Crippen LogP contribution in [0.3, 0.4) is 0 Å². The molecule has 0 spiro atoms. The Morgan fingerprint density at radius 2 is 1.73 bits per heavy atom. The second-order valence-electron chi connectivity index (χ2n) is 6.69. The number of nitrogens with zero attached hydrogens (tertiary/aromatic N) is 3. The third-order valence-electron chi connectivity index (χ3n) is 4.35. The van der Waals surface area contributed by atoms with Crippen LogP contribution in [-0.2, 0) is 6.54 Å². The second kappa shape index (κ2) is 7.12. The van der Waals surface area contributed by atoms with Crippen molar-refractivity contribution >= 4 is 22.5 Å². The average Bonchev–Trinajstić information content (AvgIpc) is 2.60. The number of hydrogen-bond acceptors (Lipinski definition) is 3. The summed E-state index contributed by atoms with van der Waals surface area (Å²) in [5.74, 6) is -0.466. The fourth-order valence-corrected chi connectivity index (χ4v) is 2.96. The van der Waals surface area contributed by atoms with Gasteiger partial charge in [-0.25, -0.2) is 4.39 Å². The fourth-order valence-electron chi connectivity index (χ4n) is 2.96. The molecule has 2 aromatic carbocycles. The van der Waals surface area contributed by atoms with Crippen molar-refractivity contribution in [1.82, 2.24) is 9.88 Å². The molecule has 4 nitrogen and oxygen atoms in total. The van der Waals surface area contributed by atoms with Gasteiger partial charge in [0.25, 0.3) is 5.91 Å². The molecule has 3 aromatic rings. The predicted octanol–water partition coefficient (Wildman–Crippen LogP) is 4.02. The molecule has 0 aliphatic carbocycles. The molecule has 0 radical (unpaired) electrons. The Bertz CT molecular complexity index is 946. The van der Waals surface area contributed by atoms with Crippen molar-refractivity contribution in [1.29, 1.82) is 0 Å². The van der Waals surface area contributed by atoms with E-state index in [2.05, 4.69) is 4.98 Å². The van der Waals surface area contributed by atoms with Gasteiger partial charge >= 0.3 is 0 Å². The van der Waals surface area contributed by atoms with Crippen LogP contribution < -0.4 is 4.90 Å². The summed E-state index contributed by atoms with van der Waals surface area (Å²) in [7, 11) is 5.75. The van der Waals surface area contributed by atoms with Gasteiger partial charge in [0, 0.05) is 50.5 Å². The van der Waals surface area contributed by atoms with Crippen LogP contribution in [0.2, 0.25) is 0 Å². The summed E-state index contributed by atoms with van der Waals surface area (Å²) >= 11 is 0. The number of anilines is 1. The van der Waals surface area contributed by atoms with E-state index in [-0.39, 0.29) is 11.7 Å². The van der Waals surface area contributed by atoms with E-state index in [4.69, 9.17) is 0 Å². The molecule has 1 amide bonds. The van der Waals surface area contributed by atoms with Crippen LogP contribution >= 0.6 is 0 Å². The molecule has 0 N–H and O–H groups in total. The van der Waals surface area contributed by atoms with Crippen molar-refractivity contribution in [3.05, 3.63) is 71.2 Å². The van der Waals surface area contributed by atoms with Crippen molar-refractivity contribution in [3.8, 4) is 0 Å². The molecule has 0 atom stereocenters. The highest BCUT2D eigenvalue weighted by molar-refractivity contribution is 6.06. The Morgan fingerprint density at radius 3 is 2.38 bits per heavy atom. The number of fused-ring (bicyclic) bond motifs is 1. The minimum absolute atomic E-state index is 0.108. The lowest BCUT2D eigenvalue weighted by Gasteiger charge is -2.19. The largest absolute Gasteiger partial charge is 0.378 e. The lowest BCUT2D eigenvalue weighted by molar-refractivity contribution is 0.0787. The van der Waals surface area contributed by atoms with E-state index in [1.54, 1.807) is 31.0 Å². The summed E-state index contributed by atoms with van der Waals surface area (Å²) in [6.45, 7) is 2.30. The van der Waals surface area contributed by atoms with Crippen LogP contribution in [0.5, 0.6) is 0 Å². The summed E-state index contributed by atoms with van der Waals surface area (Å²) in [6, 6.07) is 14.2. The van der Waals surface area contributed by atoms with Crippen LogP contribution in [0, 0.1) is 12.7 Å². The Kier molecular flexibility index (Phi) is 4.89. The first-order valence-electron chi connectivity index (χ1n) is 8.44. The normalized spacial score (nSPS) is 10.8. The number of carbonyl (C=O) groups excluding carboxylic acids is 1. The number of pyridine rings is 1. The van der Waals surface area contributed by atoms with Crippen LogP contribution in [0.1, 0.15) is 21.6 Å². The SMILES string of the molecule is Cc1cc(C(=O)N(C)Cc2ccc(N(C)C)cc2)c2ccc(F)cc2n1. The molecule has 134 valence electrons. The smallest absolute Gasteiger partial charge is 0.254 e. The first-order chi connectivity index (χ1) is 12.3. The van der Waals surface area contributed by atoms with Gasteiger partial charge in [0.1, 0.15) is 5.82 Å². The number of aromatic nitrogens is 1. The van der Waals surface area contributed by atoms with Crippen molar-refractivity contribution in [3.63, 3.8) is 0 Å². The summed E-state index contributed by atoms with van der Waals surface area (Å²) in [6.07, 6.45) is 0. The maximum Gasteiger partial charge on any atom is 0.254 e. The van der Waals surface area contributed by atoms with Crippen molar-refractivity contribution < 1.29 is 9.18 Å². The summed E-state index contributed by atoms with van der Waals surface area (Å²) in [5.41, 5.74) is 3.89. The molecule has 26 heavy (non-hydrogen) atoms. The zero-order chi connectivity index (χ0) is 18.8. The van der Waals surface area contributed by atoms with Crippen molar-refractivity contribution in [2.45, 2.75) is 13.5 Å². The van der Waals surface area contributed by atoms with Crippen molar-refractivity contribution in [2.24, 2.45) is 0 Å². The predicted molar refractivity (Wildman–Crippen MR) is 103 cm³/mol. The summed E-state index contributed by atoms with van der Waals surface area (Å²) in [4.78, 5) is 21.0. The molecule has 0 aliphatic heterocycles. The van der Waals surface area contributed by atoms with E-state index in [9.17, 15) is 9.18 Å². The van der Waals surface area contributed by atoms with Crippen LogP contribution in [0.25, 0.3) is 10.9 Å². The first-order valence-corrected chi connectivity index (χ1v) is 8.44. The zero-order valence-corrected chi connectivity index (χ0v) is 15.5. The van der Waals surface area contributed by atoms with Crippen LogP contribution in [-0.4, -0.2) is 36.9 Å². The molecule has 0 saturated carbocycles. The van der Waals surface area contributed by atoms with Crippen molar-refractivity contribution in [2.75, 3.05) is 26.0 Å². The summed E-state index contributed by atoms with van der Waals surface area (Å²) < 4.78 is 13.5. The quantitative estimate of drug-likeness (QED) is 0.712. The highest BCUT2D eigenvalue weighted by Gasteiger charge is 2.17. The molecule has 1 aromatic heterocycles. The molecule has 5 heteroatoms. The lowest BCUT2D eigenvalue weighted by atomic mass is 10.1. The number of halogens is 1. The second-order valence-corrected chi connectivity index (χ2v) is 6.69. The Hall–Kier alpha value is -2.95. The number of hydrogen-bond donors (Lipinski definition) is 0. The van der Waals surface area contributed by atoms with Gasteiger partial charge < -0.3 is 9.80 Å². The number of amides is 1. The third-order valence-corrected chi connectivity index (χ3v) is 4.35. The zero-order valence-electron chi connectivity index (χ0n) is 15.5.